The van der Waals surface area contributed by atoms with Gasteiger partial charge in [0.05, 0.1) is 5.69 Å². The number of fused-ring (bicyclic) bond motifs is 1. The molecule has 0 saturated heterocycles. The molecule has 1 aromatic rings. The lowest BCUT2D eigenvalue weighted by atomic mass is 9.74. The number of hydrogen-bond acceptors (Lipinski definition) is 3. The summed E-state index contributed by atoms with van der Waals surface area (Å²) in [5.74, 6) is 1.03. The van der Waals surface area contributed by atoms with Crippen LogP contribution >= 0.6 is 0 Å². The number of hydrogen-bond donors (Lipinski definition) is 2. The highest BCUT2D eigenvalue weighted by Gasteiger charge is 2.34. The van der Waals surface area contributed by atoms with Crippen LogP contribution in [0.1, 0.15) is 37.7 Å². The summed E-state index contributed by atoms with van der Waals surface area (Å²) in [7, 11) is 0. The molecule has 1 aromatic heterocycles. The van der Waals surface area contributed by atoms with Crippen LogP contribution < -0.4 is 10.6 Å². The van der Waals surface area contributed by atoms with Crippen molar-refractivity contribution >= 4 is 11.5 Å². The number of nitrogens with one attached hydrogen (secondary N) is 2. The third-order valence-electron chi connectivity index (χ3n) is 4.34. The van der Waals surface area contributed by atoms with Crippen LogP contribution in [0.15, 0.2) is 12.3 Å². The van der Waals surface area contributed by atoms with Gasteiger partial charge in [0.15, 0.2) is 0 Å². The zero-order chi connectivity index (χ0) is 11.7. The van der Waals surface area contributed by atoms with Crippen molar-refractivity contribution in [3.05, 3.63) is 17.8 Å². The van der Waals surface area contributed by atoms with Gasteiger partial charge in [-0.25, -0.2) is 4.98 Å². The predicted molar refractivity (Wildman–Crippen MR) is 71.5 cm³/mol. The number of anilines is 2. The van der Waals surface area contributed by atoms with Crippen LogP contribution in [-0.2, 0) is 0 Å². The minimum atomic E-state index is 0.450. The molecular formula is C14H21N3. The van der Waals surface area contributed by atoms with Crippen molar-refractivity contribution in [1.82, 2.24) is 4.98 Å². The molecule has 2 aliphatic rings. The summed E-state index contributed by atoms with van der Waals surface area (Å²) >= 11 is 0. The molecule has 0 amide bonds. The molecule has 0 bridgehead atoms. The minimum Gasteiger partial charge on any atom is -0.381 e. The van der Waals surface area contributed by atoms with Gasteiger partial charge in [-0.3, -0.25) is 0 Å². The number of pyridine rings is 1. The molecule has 17 heavy (non-hydrogen) atoms. The second kappa shape index (κ2) is 4.21. The van der Waals surface area contributed by atoms with Gasteiger partial charge in [0.2, 0.25) is 0 Å². The fourth-order valence-electron chi connectivity index (χ4n) is 3.18. The lowest BCUT2D eigenvalue weighted by molar-refractivity contribution is 0.224. The Morgan fingerprint density at radius 1 is 1.12 bits per heavy atom. The van der Waals surface area contributed by atoms with Crippen molar-refractivity contribution < 1.29 is 0 Å². The van der Waals surface area contributed by atoms with Crippen LogP contribution in [0.3, 0.4) is 0 Å². The van der Waals surface area contributed by atoms with Crippen molar-refractivity contribution in [2.24, 2.45) is 5.41 Å². The van der Waals surface area contributed by atoms with Crippen molar-refractivity contribution in [3.63, 3.8) is 0 Å². The average Bonchev–Trinajstić information content (AvgIpc) is 2.53. The van der Waals surface area contributed by atoms with Gasteiger partial charge < -0.3 is 10.6 Å². The Morgan fingerprint density at radius 2 is 1.88 bits per heavy atom. The van der Waals surface area contributed by atoms with E-state index in [4.69, 9.17) is 0 Å². The van der Waals surface area contributed by atoms with Crippen LogP contribution in [0.4, 0.5) is 11.5 Å². The SMILES string of the molecule is Cc1ccnc2c1NCC1(CCCCC1)CN2. The van der Waals surface area contributed by atoms with Crippen LogP contribution in [0.5, 0.6) is 0 Å². The Balaban J connectivity index is 1.85. The number of rotatable bonds is 0. The normalized spacial score (nSPS) is 22.2. The van der Waals surface area contributed by atoms with E-state index >= 15 is 0 Å². The highest BCUT2D eigenvalue weighted by Crippen LogP contribution is 2.39. The molecule has 1 saturated carbocycles. The van der Waals surface area contributed by atoms with Gasteiger partial charge in [0.1, 0.15) is 5.82 Å². The van der Waals surface area contributed by atoms with Crippen LogP contribution in [0.2, 0.25) is 0 Å². The Labute approximate surface area is 103 Å². The minimum absolute atomic E-state index is 0.450. The first-order valence-corrected chi connectivity index (χ1v) is 6.73. The molecule has 0 radical (unpaired) electrons. The molecule has 2 N–H and O–H groups in total. The molecule has 3 nitrogen and oxygen atoms in total. The molecule has 0 atom stereocenters. The van der Waals surface area contributed by atoms with E-state index < -0.39 is 0 Å². The summed E-state index contributed by atoms with van der Waals surface area (Å²) < 4.78 is 0. The molecule has 0 unspecified atom stereocenters. The predicted octanol–water partition coefficient (Wildman–Crippen LogP) is 3.18. The molecule has 3 heteroatoms. The molecule has 2 heterocycles. The molecule has 1 aliphatic heterocycles. The monoisotopic (exact) mass is 231 g/mol. The molecular weight excluding hydrogens is 210 g/mol. The van der Waals surface area contributed by atoms with E-state index in [1.165, 1.54) is 43.4 Å². The standard InChI is InChI=1S/C14H21N3/c1-11-5-8-15-13-12(11)16-9-14(10-17-13)6-3-2-4-7-14/h5,8,16H,2-4,6-7,9-10H2,1H3,(H,15,17). The summed E-state index contributed by atoms with van der Waals surface area (Å²) in [4.78, 5) is 4.44. The summed E-state index contributed by atoms with van der Waals surface area (Å²) in [6.45, 7) is 4.32. The van der Waals surface area contributed by atoms with E-state index in [0.29, 0.717) is 5.41 Å². The summed E-state index contributed by atoms with van der Waals surface area (Å²) in [6.07, 6.45) is 8.76. The molecule has 1 fully saturated rings. The maximum Gasteiger partial charge on any atom is 0.149 e. The van der Waals surface area contributed by atoms with Crippen LogP contribution in [-0.4, -0.2) is 18.1 Å². The second-order valence-corrected chi connectivity index (χ2v) is 5.62. The van der Waals surface area contributed by atoms with Gasteiger partial charge in [-0.15, -0.1) is 0 Å². The maximum absolute atomic E-state index is 4.44. The fraction of sp³-hybridized carbons (Fsp3) is 0.643. The van der Waals surface area contributed by atoms with Gasteiger partial charge in [-0.05, 0) is 31.4 Å². The van der Waals surface area contributed by atoms with Gasteiger partial charge >= 0.3 is 0 Å². The topological polar surface area (TPSA) is 37.0 Å². The van der Waals surface area contributed by atoms with Crippen LogP contribution in [0.25, 0.3) is 0 Å². The van der Waals surface area contributed by atoms with E-state index in [1.807, 2.05) is 6.20 Å². The molecule has 1 spiro atoms. The Bertz CT molecular complexity index is 408. The maximum atomic E-state index is 4.44. The molecule has 92 valence electrons. The summed E-state index contributed by atoms with van der Waals surface area (Å²) in [5, 5.41) is 7.18. The first-order valence-electron chi connectivity index (χ1n) is 6.73. The second-order valence-electron chi connectivity index (χ2n) is 5.62. The van der Waals surface area contributed by atoms with Gasteiger partial charge in [0, 0.05) is 24.7 Å². The van der Waals surface area contributed by atoms with Crippen molar-refractivity contribution in [2.45, 2.75) is 39.0 Å². The smallest absolute Gasteiger partial charge is 0.149 e. The van der Waals surface area contributed by atoms with Gasteiger partial charge in [-0.2, -0.15) is 0 Å². The number of aryl methyl sites for hydroxylation is 1. The molecule has 3 rings (SSSR count). The van der Waals surface area contributed by atoms with Crippen LogP contribution in [0, 0.1) is 12.3 Å². The van der Waals surface area contributed by atoms with E-state index in [-0.39, 0.29) is 0 Å². The highest BCUT2D eigenvalue weighted by molar-refractivity contribution is 5.69. The zero-order valence-corrected chi connectivity index (χ0v) is 10.6. The Kier molecular flexibility index (Phi) is 2.69. The van der Waals surface area contributed by atoms with E-state index in [1.54, 1.807) is 0 Å². The van der Waals surface area contributed by atoms with Gasteiger partial charge in [0.25, 0.3) is 0 Å². The molecule has 0 aromatic carbocycles. The summed E-state index contributed by atoms with van der Waals surface area (Å²) in [6, 6.07) is 2.08. The number of aromatic nitrogens is 1. The molecule has 1 aliphatic carbocycles. The van der Waals surface area contributed by atoms with E-state index in [2.05, 4.69) is 28.6 Å². The Hall–Kier alpha value is -1.25. The lowest BCUT2D eigenvalue weighted by Gasteiger charge is -2.36. The Morgan fingerprint density at radius 3 is 2.71 bits per heavy atom. The summed E-state index contributed by atoms with van der Waals surface area (Å²) in [5.41, 5.74) is 2.94. The quantitative estimate of drug-likeness (QED) is 0.720. The van der Waals surface area contributed by atoms with Gasteiger partial charge in [-0.1, -0.05) is 19.3 Å². The highest BCUT2D eigenvalue weighted by atomic mass is 15.1. The third kappa shape index (κ3) is 1.99. The van der Waals surface area contributed by atoms with Crippen molar-refractivity contribution in [3.8, 4) is 0 Å². The van der Waals surface area contributed by atoms with Crippen molar-refractivity contribution in [2.75, 3.05) is 23.7 Å². The largest absolute Gasteiger partial charge is 0.381 e. The van der Waals surface area contributed by atoms with E-state index in [9.17, 15) is 0 Å². The van der Waals surface area contributed by atoms with E-state index in [0.717, 1.165) is 18.9 Å². The number of nitrogens with zero attached hydrogens (tertiary/aromatic N) is 1. The fourth-order valence-corrected chi connectivity index (χ4v) is 3.18. The van der Waals surface area contributed by atoms with Crippen molar-refractivity contribution in [1.29, 1.82) is 0 Å². The first-order chi connectivity index (χ1) is 8.29. The first kappa shape index (κ1) is 10.9. The lowest BCUT2D eigenvalue weighted by Crippen LogP contribution is -2.36. The average molecular weight is 231 g/mol. The third-order valence-corrected chi connectivity index (χ3v) is 4.34. The zero-order valence-electron chi connectivity index (χ0n) is 10.6.